The summed E-state index contributed by atoms with van der Waals surface area (Å²) >= 11 is 1.31. The first-order valence-corrected chi connectivity index (χ1v) is 10.5. The molecule has 0 unspecified atom stereocenters. The Morgan fingerprint density at radius 2 is 1.90 bits per heavy atom. The van der Waals surface area contributed by atoms with E-state index in [1.165, 1.54) is 18.9 Å². The van der Waals surface area contributed by atoms with Gasteiger partial charge in [-0.15, -0.1) is 10.2 Å². The number of furan rings is 1. The van der Waals surface area contributed by atoms with Crippen molar-refractivity contribution in [1.82, 2.24) is 14.8 Å². The molecule has 0 aliphatic carbocycles. The maximum Gasteiger partial charge on any atom is 0.205 e. The number of thioether (sulfide) groups is 1. The average Bonchev–Trinajstić information content (AvgIpc) is 3.47. The van der Waals surface area contributed by atoms with E-state index in [0.29, 0.717) is 33.8 Å². The summed E-state index contributed by atoms with van der Waals surface area (Å²) in [4.78, 5) is 13.0. The number of ether oxygens (including phenoxy) is 2. The third-order valence-electron chi connectivity index (χ3n) is 4.77. The summed E-state index contributed by atoms with van der Waals surface area (Å²) in [5, 5.41) is 9.26. The van der Waals surface area contributed by atoms with E-state index < -0.39 is 0 Å². The number of ketones is 1. The van der Waals surface area contributed by atoms with Gasteiger partial charge in [-0.2, -0.15) is 0 Å². The Kier molecular flexibility index (Phi) is 6.08. The Balaban J connectivity index is 1.67. The van der Waals surface area contributed by atoms with E-state index in [4.69, 9.17) is 13.9 Å². The van der Waals surface area contributed by atoms with Gasteiger partial charge in [-0.1, -0.05) is 30.0 Å². The summed E-state index contributed by atoms with van der Waals surface area (Å²) in [5.41, 5.74) is 2.44. The third-order valence-corrected chi connectivity index (χ3v) is 5.70. The van der Waals surface area contributed by atoms with Crippen LogP contribution in [0.1, 0.15) is 15.9 Å². The summed E-state index contributed by atoms with van der Waals surface area (Å²) in [5.74, 6) is 2.34. The van der Waals surface area contributed by atoms with E-state index >= 15 is 0 Å². The molecular formula is C23H21N3O4S. The van der Waals surface area contributed by atoms with Gasteiger partial charge >= 0.3 is 0 Å². The first-order chi connectivity index (χ1) is 15.1. The second kappa shape index (κ2) is 9.09. The molecule has 0 aliphatic rings. The van der Waals surface area contributed by atoms with Gasteiger partial charge in [-0.05, 0) is 48.9 Å². The van der Waals surface area contributed by atoms with Gasteiger partial charge in [0.05, 0.1) is 37.5 Å². The number of aromatic nitrogens is 3. The molecule has 0 fully saturated rings. The highest BCUT2D eigenvalue weighted by Crippen LogP contribution is 2.31. The predicted octanol–water partition coefficient (Wildman–Crippen LogP) is 4.83. The van der Waals surface area contributed by atoms with Gasteiger partial charge in [-0.3, -0.25) is 9.36 Å². The number of para-hydroxylation sites is 1. The zero-order valence-corrected chi connectivity index (χ0v) is 18.2. The van der Waals surface area contributed by atoms with Crippen LogP contribution < -0.4 is 9.47 Å². The van der Waals surface area contributed by atoms with Gasteiger partial charge in [0.2, 0.25) is 5.82 Å². The van der Waals surface area contributed by atoms with E-state index in [9.17, 15) is 4.79 Å². The van der Waals surface area contributed by atoms with Crippen LogP contribution in [0.25, 0.3) is 17.3 Å². The third kappa shape index (κ3) is 4.20. The van der Waals surface area contributed by atoms with Gasteiger partial charge < -0.3 is 13.9 Å². The Labute approximate surface area is 184 Å². The Bertz CT molecular complexity index is 1200. The standard InChI is InChI=1S/C23H21N3O4S/c1-15-7-4-5-8-18(15)26-22(21-9-6-12-30-21)24-25-23(26)31-14-19(27)17-13-16(28-2)10-11-20(17)29-3/h4-13H,14H2,1-3H3. The van der Waals surface area contributed by atoms with Crippen LogP contribution in [0, 0.1) is 6.92 Å². The minimum absolute atomic E-state index is 0.0976. The van der Waals surface area contributed by atoms with Crippen molar-refractivity contribution in [2.75, 3.05) is 20.0 Å². The Hall–Kier alpha value is -3.52. The minimum Gasteiger partial charge on any atom is -0.497 e. The lowest BCUT2D eigenvalue weighted by molar-refractivity contribution is 0.101. The summed E-state index contributed by atoms with van der Waals surface area (Å²) in [6.07, 6.45) is 1.59. The van der Waals surface area contributed by atoms with Crippen molar-refractivity contribution < 1.29 is 18.7 Å². The lowest BCUT2D eigenvalue weighted by Crippen LogP contribution is -2.07. The predicted molar refractivity (Wildman–Crippen MR) is 118 cm³/mol. The molecule has 31 heavy (non-hydrogen) atoms. The van der Waals surface area contributed by atoms with Crippen molar-refractivity contribution in [3.05, 3.63) is 72.0 Å². The molecule has 2 aromatic carbocycles. The second-order valence-electron chi connectivity index (χ2n) is 6.68. The average molecular weight is 436 g/mol. The highest BCUT2D eigenvalue weighted by molar-refractivity contribution is 7.99. The molecule has 0 N–H and O–H groups in total. The molecule has 0 atom stereocenters. The van der Waals surface area contributed by atoms with E-state index in [1.807, 2.05) is 41.8 Å². The Morgan fingerprint density at radius 1 is 1.06 bits per heavy atom. The van der Waals surface area contributed by atoms with E-state index in [0.717, 1.165) is 11.3 Å². The molecule has 0 bridgehead atoms. The van der Waals surface area contributed by atoms with Gasteiger partial charge in [0, 0.05) is 0 Å². The number of Topliss-reactive ketones (excluding diaryl/α,β-unsaturated/α-hetero) is 1. The number of hydrogen-bond acceptors (Lipinski definition) is 7. The largest absolute Gasteiger partial charge is 0.497 e. The van der Waals surface area contributed by atoms with Gasteiger partial charge in [-0.25, -0.2) is 0 Å². The van der Waals surface area contributed by atoms with Crippen LogP contribution >= 0.6 is 11.8 Å². The van der Waals surface area contributed by atoms with Crippen LogP contribution in [0.2, 0.25) is 0 Å². The number of benzene rings is 2. The van der Waals surface area contributed by atoms with Crippen LogP contribution in [0.4, 0.5) is 0 Å². The van der Waals surface area contributed by atoms with E-state index in [2.05, 4.69) is 10.2 Å². The molecule has 0 aliphatic heterocycles. The van der Waals surface area contributed by atoms with Crippen LogP contribution in [-0.2, 0) is 0 Å². The molecule has 0 saturated heterocycles. The van der Waals surface area contributed by atoms with Gasteiger partial charge in [0.1, 0.15) is 11.5 Å². The van der Waals surface area contributed by atoms with Crippen molar-refractivity contribution in [3.8, 4) is 28.8 Å². The number of methoxy groups -OCH3 is 2. The lowest BCUT2D eigenvalue weighted by atomic mass is 10.1. The van der Waals surface area contributed by atoms with Crippen LogP contribution in [0.15, 0.2) is 70.4 Å². The fourth-order valence-electron chi connectivity index (χ4n) is 3.20. The fraction of sp³-hybridized carbons (Fsp3) is 0.174. The molecule has 4 aromatic rings. The number of rotatable bonds is 8. The highest BCUT2D eigenvalue weighted by Gasteiger charge is 2.21. The van der Waals surface area contributed by atoms with Crippen molar-refractivity contribution in [2.45, 2.75) is 12.1 Å². The van der Waals surface area contributed by atoms with Crippen LogP contribution in [0.3, 0.4) is 0 Å². The summed E-state index contributed by atoms with van der Waals surface area (Å²) in [7, 11) is 3.10. The number of aryl methyl sites for hydroxylation is 1. The van der Waals surface area contributed by atoms with Gasteiger partial charge in [0.15, 0.2) is 16.7 Å². The normalized spacial score (nSPS) is 10.8. The molecule has 0 radical (unpaired) electrons. The molecule has 2 aromatic heterocycles. The van der Waals surface area contributed by atoms with Crippen molar-refractivity contribution in [1.29, 1.82) is 0 Å². The monoisotopic (exact) mass is 435 g/mol. The zero-order valence-electron chi connectivity index (χ0n) is 17.4. The lowest BCUT2D eigenvalue weighted by Gasteiger charge is -2.12. The molecular weight excluding hydrogens is 414 g/mol. The first kappa shape index (κ1) is 20.7. The summed E-state index contributed by atoms with van der Waals surface area (Å²) in [6.45, 7) is 2.02. The first-order valence-electron chi connectivity index (χ1n) is 9.55. The van der Waals surface area contributed by atoms with Gasteiger partial charge in [0.25, 0.3) is 0 Å². The number of carbonyl (C=O) groups is 1. The number of nitrogens with zero attached hydrogens (tertiary/aromatic N) is 3. The molecule has 7 nitrogen and oxygen atoms in total. The van der Waals surface area contributed by atoms with Crippen molar-refractivity contribution >= 4 is 17.5 Å². The topological polar surface area (TPSA) is 79.4 Å². The molecule has 0 spiro atoms. The molecule has 158 valence electrons. The molecule has 0 amide bonds. The van der Waals surface area contributed by atoms with Crippen LogP contribution in [-0.4, -0.2) is 40.5 Å². The number of carbonyl (C=O) groups excluding carboxylic acids is 1. The van der Waals surface area contributed by atoms with E-state index in [1.54, 1.807) is 37.6 Å². The number of hydrogen-bond donors (Lipinski definition) is 0. The maximum atomic E-state index is 13.0. The molecule has 8 heteroatoms. The zero-order chi connectivity index (χ0) is 21.8. The quantitative estimate of drug-likeness (QED) is 0.290. The molecule has 4 rings (SSSR count). The van der Waals surface area contributed by atoms with E-state index in [-0.39, 0.29) is 11.5 Å². The summed E-state index contributed by atoms with van der Waals surface area (Å²) in [6, 6.07) is 16.7. The molecule has 2 heterocycles. The maximum absolute atomic E-state index is 13.0. The van der Waals surface area contributed by atoms with Crippen LogP contribution in [0.5, 0.6) is 11.5 Å². The SMILES string of the molecule is COc1ccc(OC)c(C(=O)CSc2nnc(-c3ccco3)n2-c2ccccc2C)c1. The minimum atomic E-state index is -0.0976. The Morgan fingerprint density at radius 3 is 2.61 bits per heavy atom. The second-order valence-corrected chi connectivity index (χ2v) is 7.63. The van der Waals surface area contributed by atoms with Crippen molar-refractivity contribution in [3.63, 3.8) is 0 Å². The highest BCUT2D eigenvalue weighted by atomic mass is 32.2. The van der Waals surface area contributed by atoms with Crippen molar-refractivity contribution in [2.24, 2.45) is 0 Å². The summed E-state index contributed by atoms with van der Waals surface area (Å²) < 4.78 is 18.1. The fourth-order valence-corrected chi connectivity index (χ4v) is 4.03. The smallest absolute Gasteiger partial charge is 0.205 e. The molecule has 0 saturated carbocycles.